The Kier molecular flexibility index (Phi) is 2.10. The second kappa shape index (κ2) is 3.41. The zero-order valence-corrected chi connectivity index (χ0v) is 7.71. The fraction of sp³-hybridized carbons (Fsp3) is 0.100. The number of aldehydes is 1. The van der Waals surface area contributed by atoms with E-state index in [0.717, 1.165) is 17.5 Å². The van der Waals surface area contributed by atoms with E-state index in [1.54, 1.807) is 23.1 Å². The van der Waals surface area contributed by atoms with Crippen molar-refractivity contribution in [2.75, 3.05) is 0 Å². The summed E-state index contributed by atoms with van der Waals surface area (Å²) in [6, 6.07) is 5.51. The van der Waals surface area contributed by atoms with Crippen LogP contribution in [-0.2, 0) is 7.05 Å². The van der Waals surface area contributed by atoms with Gasteiger partial charge in [-0.3, -0.25) is 14.5 Å². The predicted molar refractivity (Wildman–Crippen MR) is 51.8 cm³/mol. The molecule has 0 atom stereocenters. The smallest absolute Gasteiger partial charge is 0.169 e. The normalized spacial score (nSPS) is 10.1. The number of hydrogen-bond acceptors (Lipinski definition) is 3. The van der Waals surface area contributed by atoms with Gasteiger partial charge >= 0.3 is 0 Å². The highest BCUT2D eigenvalue weighted by atomic mass is 16.1. The molecule has 0 spiro atoms. The van der Waals surface area contributed by atoms with Crippen LogP contribution >= 0.6 is 0 Å². The first-order valence-corrected chi connectivity index (χ1v) is 4.21. The van der Waals surface area contributed by atoms with Gasteiger partial charge in [0.2, 0.25) is 0 Å². The highest BCUT2D eigenvalue weighted by Gasteiger charge is 2.07. The Morgan fingerprint density at radius 2 is 2.21 bits per heavy atom. The van der Waals surface area contributed by atoms with Crippen molar-refractivity contribution < 1.29 is 4.79 Å². The second-order valence-electron chi connectivity index (χ2n) is 2.89. The Hall–Kier alpha value is -1.97. The van der Waals surface area contributed by atoms with Crippen LogP contribution in [0.1, 0.15) is 10.5 Å². The molecule has 0 radical (unpaired) electrons. The Bertz CT molecular complexity index is 462. The Balaban J connectivity index is 2.62. The third-order valence-corrected chi connectivity index (χ3v) is 2.05. The zero-order valence-electron chi connectivity index (χ0n) is 7.71. The lowest BCUT2D eigenvalue weighted by molar-refractivity contribution is 0.111. The summed E-state index contributed by atoms with van der Waals surface area (Å²) < 4.78 is 1.71. The van der Waals surface area contributed by atoms with Crippen molar-refractivity contribution >= 4 is 6.29 Å². The van der Waals surface area contributed by atoms with Crippen LogP contribution in [0.25, 0.3) is 11.3 Å². The van der Waals surface area contributed by atoms with Crippen molar-refractivity contribution in [2.45, 2.75) is 0 Å². The van der Waals surface area contributed by atoms with Gasteiger partial charge in [0.05, 0.1) is 5.69 Å². The van der Waals surface area contributed by atoms with Gasteiger partial charge in [-0.15, -0.1) is 0 Å². The van der Waals surface area contributed by atoms with Crippen LogP contribution in [0.2, 0.25) is 0 Å². The summed E-state index contributed by atoms with van der Waals surface area (Å²) in [6.07, 6.45) is 4.04. The number of pyridine rings is 1. The fourth-order valence-corrected chi connectivity index (χ4v) is 1.37. The van der Waals surface area contributed by atoms with Gasteiger partial charge in [-0.05, 0) is 18.2 Å². The van der Waals surface area contributed by atoms with Crippen LogP contribution in [-0.4, -0.2) is 21.1 Å². The monoisotopic (exact) mass is 187 g/mol. The number of aromatic nitrogens is 3. The largest absolute Gasteiger partial charge is 0.296 e. The summed E-state index contributed by atoms with van der Waals surface area (Å²) in [7, 11) is 1.83. The standard InChI is InChI=1S/C10H9N3O/c1-13-10(4-6-12-13)8-3-2-5-11-9(8)7-14/h2-7H,1H3. The quantitative estimate of drug-likeness (QED) is 0.665. The molecule has 0 aliphatic rings. The molecular formula is C10H9N3O. The van der Waals surface area contributed by atoms with Gasteiger partial charge in [0.1, 0.15) is 5.69 Å². The van der Waals surface area contributed by atoms with E-state index in [-0.39, 0.29) is 0 Å². The van der Waals surface area contributed by atoms with E-state index in [1.807, 2.05) is 19.2 Å². The third kappa shape index (κ3) is 1.31. The predicted octanol–water partition coefficient (Wildman–Crippen LogP) is 1.29. The molecule has 4 heteroatoms. The molecule has 0 bridgehead atoms. The van der Waals surface area contributed by atoms with Gasteiger partial charge < -0.3 is 0 Å². The molecule has 0 N–H and O–H groups in total. The SMILES string of the molecule is Cn1nccc1-c1cccnc1C=O. The highest BCUT2D eigenvalue weighted by Crippen LogP contribution is 2.19. The third-order valence-electron chi connectivity index (χ3n) is 2.05. The topological polar surface area (TPSA) is 47.8 Å². The summed E-state index contributed by atoms with van der Waals surface area (Å²) in [5, 5.41) is 4.04. The zero-order chi connectivity index (χ0) is 9.97. The van der Waals surface area contributed by atoms with Crippen LogP contribution in [0.5, 0.6) is 0 Å². The first-order chi connectivity index (χ1) is 6.83. The van der Waals surface area contributed by atoms with Crippen molar-refractivity contribution in [2.24, 2.45) is 7.05 Å². The molecule has 0 amide bonds. The van der Waals surface area contributed by atoms with Crippen molar-refractivity contribution in [3.05, 3.63) is 36.3 Å². The fourth-order valence-electron chi connectivity index (χ4n) is 1.37. The Labute approximate surface area is 81.2 Å². The number of carbonyl (C=O) groups is 1. The van der Waals surface area contributed by atoms with Gasteiger partial charge in [-0.2, -0.15) is 5.10 Å². The summed E-state index contributed by atoms with van der Waals surface area (Å²) in [6.45, 7) is 0. The molecule has 0 saturated carbocycles. The molecule has 0 saturated heterocycles. The second-order valence-corrected chi connectivity index (χ2v) is 2.89. The molecule has 2 heterocycles. The van der Waals surface area contributed by atoms with Crippen molar-refractivity contribution in [3.8, 4) is 11.3 Å². The molecule has 4 nitrogen and oxygen atoms in total. The summed E-state index contributed by atoms with van der Waals surface area (Å²) >= 11 is 0. The molecule has 2 aromatic rings. The van der Waals surface area contributed by atoms with E-state index >= 15 is 0 Å². The van der Waals surface area contributed by atoms with E-state index in [1.165, 1.54) is 0 Å². The van der Waals surface area contributed by atoms with Gasteiger partial charge in [0.25, 0.3) is 0 Å². The molecule has 70 valence electrons. The van der Waals surface area contributed by atoms with E-state index in [4.69, 9.17) is 0 Å². The average molecular weight is 187 g/mol. The van der Waals surface area contributed by atoms with Crippen LogP contribution < -0.4 is 0 Å². The molecule has 0 aromatic carbocycles. The van der Waals surface area contributed by atoms with Gasteiger partial charge in [-0.1, -0.05) is 0 Å². The number of carbonyl (C=O) groups excluding carboxylic acids is 1. The van der Waals surface area contributed by atoms with Crippen LogP contribution in [0.4, 0.5) is 0 Å². The van der Waals surface area contributed by atoms with E-state index in [0.29, 0.717) is 5.69 Å². The molecule has 2 aromatic heterocycles. The van der Waals surface area contributed by atoms with Gasteiger partial charge in [0, 0.05) is 25.0 Å². The lowest BCUT2D eigenvalue weighted by Crippen LogP contribution is -1.97. The minimum Gasteiger partial charge on any atom is -0.296 e. The maximum atomic E-state index is 10.7. The van der Waals surface area contributed by atoms with E-state index in [2.05, 4.69) is 10.1 Å². The lowest BCUT2D eigenvalue weighted by atomic mass is 10.1. The Morgan fingerprint density at radius 1 is 1.36 bits per heavy atom. The number of hydrogen-bond donors (Lipinski definition) is 0. The average Bonchev–Trinajstić information content (AvgIpc) is 2.64. The van der Waals surface area contributed by atoms with Gasteiger partial charge in [-0.25, -0.2) is 0 Å². The molecule has 2 rings (SSSR count). The van der Waals surface area contributed by atoms with Crippen molar-refractivity contribution in [3.63, 3.8) is 0 Å². The summed E-state index contributed by atoms with van der Waals surface area (Å²) in [5.74, 6) is 0. The molecule has 0 fully saturated rings. The van der Waals surface area contributed by atoms with E-state index in [9.17, 15) is 4.79 Å². The maximum absolute atomic E-state index is 10.7. The molecule has 0 aliphatic carbocycles. The minimum absolute atomic E-state index is 0.441. The summed E-state index contributed by atoms with van der Waals surface area (Å²) in [4.78, 5) is 14.7. The molecule has 0 unspecified atom stereocenters. The lowest BCUT2D eigenvalue weighted by Gasteiger charge is -2.03. The highest BCUT2D eigenvalue weighted by molar-refractivity contribution is 5.83. The molecular weight excluding hydrogens is 178 g/mol. The number of rotatable bonds is 2. The van der Waals surface area contributed by atoms with Crippen LogP contribution in [0, 0.1) is 0 Å². The van der Waals surface area contributed by atoms with Crippen molar-refractivity contribution in [1.82, 2.24) is 14.8 Å². The molecule has 0 aliphatic heterocycles. The maximum Gasteiger partial charge on any atom is 0.169 e. The first kappa shape index (κ1) is 8.62. The van der Waals surface area contributed by atoms with E-state index < -0.39 is 0 Å². The Morgan fingerprint density at radius 3 is 2.86 bits per heavy atom. The minimum atomic E-state index is 0.441. The summed E-state index contributed by atoms with van der Waals surface area (Å²) in [5.41, 5.74) is 2.14. The number of nitrogens with zero attached hydrogens (tertiary/aromatic N) is 3. The first-order valence-electron chi connectivity index (χ1n) is 4.21. The van der Waals surface area contributed by atoms with Crippen LogP contribution in [0.3, 0.4) is 0 Å². The molecule has 14 heavy (non-hydrogen) atoms. The number of aryl methyl sites for hydroxylation is 1. The van der Waals surface area contributed by atoms with Crippen molar-refractivity contribution in [1.29, 1.82) is 0 Å². The van der Waals surface area contributed by atoms with Gasteiger partial charge in [0.15, 0.2) is 6.29 Å². The van der Waals surface area contributed by atoms with Crippen LogP contribution in [0.15, 0.2) is 30.6 Å².